The molecule has 0 bridgehead atoms. The van der Waals surface area contributed by atoms with Crippen molar-refractivity contribution >= 4 is 41.6 Å². The van der Waals surface area contributed by atoms with Gasteiger partial charge in [0.05, 0.1) is 6.10 Å². The van der Waals surface area contributed by atoms with Crippen LogP contribution in [0.25, 0.3) is 0 Å². The molecule has 164 valence electrons. The zero-order valence-electron chi connectivity index (χ0n) is 18.6. The first-order valence-corrected chi connectivity index (χ1v) is 13.3. The van der Waals surface area contributed by atoms with Crippen molar-refractivity contribution in [1.29, 1.82) is 0 Å². The second-order valence-electron chi connectivity index (χ2n) is 8.53. The standard InChI is InChI=1S/C22H26N2OSSi.C2H5NO/c1-22(2,3)27(19-10-6-4-7-11-19,20-12-8-5-9-13-20)25-18-16-24(17-18)21-23-14-15-26-21;1-3-2-4/h4-15,18H,16-17H2,1-3H3;2H,1H3,(H,3,4). The average molecular weight is 454 g/mol. The van der Waals surface area contributed by atoms with Crippen LogP contribution in [0.4, 0.5) is 5.13 Å². The molecule has 1 N–H and O–H groups in total. The van der Waals surface area contributed by atoms with Crippen LogP contribution in [-0.2, 0) is 9.22 Å². The van der Waals surface area contributed by atoms with Gasteiger partial charge in [0.1, 0.15) is 0 Å². The molecule has 1 fully saturated rings. The van der Waals surface area contributed by atoms with E-state index in [9.17, 15) is 0 Å². The fraction of sp³-hybridized carbons (Fsp3) is 0.333. The second-order valence-corrected chi connectivity index (χ2v) is 13.7. The largest absolute Gasteiger partial charge is 0.401 e. The van der Waals surface area contributed by atoms with Gasteiger partial charge in [0.15, 0.2) is 5.13 Å². The maximum atomic E-state index is 9.06. The van der Waals surface area contributed by atoms with Gasteiger partial charge in [0, 0.05) is 31.7 Å². The third-order valence-electron chi connectivity index (χ3n) is 5.42. The lowest BCUT2D eigenvalue weighted by molar-refractivity contribution is -0.109. The van der Waals surface area contributed by atoms with Crippen LogP contribution >= 0.6 is 11.3 Å². The van der Waals surface area contributed by atoms with Gasteiger partial charge in [-0.3, -0.25) is 4.79 Å². The quantitative estimate of drug-likeness (QED) is 0.460. The zero-order valence-corrected chi connectivity index (χ0v) is 20.4. The highest BCUT2D eigenvalue weighted by Gasteiger charge is 2.52. The van der Waals surface area contributed by atoms with Crippen molar-refractivity contribution in [3.63, 3.8) is 0 Å². The first kappa shape index (κ1) is 23.2. The summed E-state index contributed by atoms with van der Waals surface area (Å²) in [4.78, 5) is 15.8. The van der Waals surface area contributed by atoms with Crippen LogP contribution < -0.4 is 20.6 Å². The van der Waals surface area contributed by atoms with Gasteiger partial charge < -0.3 is 14.6 Å². The Morgan fingerprint density at radius 3 is 1.97 bits per heavy atom. The van der Waals surface area contributed by atoms with Gasteiger partial charge in [0.25, 0.3) is 8.32 Å². The van der Waals surface area contributed by atoms with E-state index in [2.05, 4.69) is 96.6 Å². The van der Waals surface area contributed by atoms with E-state index in [4.69, 9.17) is 9.22 Å². The lowest BCUT2D eigenvalue weighted by Crippen LogP contribution is -2.70. The molecule has 0 atom stereocenters. The van der Waals surface area contributed by atoms with Gasteiger partial charge in [-0.15, -0.1) is 11.3 Å². The Labute approximate surface area is 190 Å². The average Bonchev–Trinajstić information content (AvgIpc) is 3.28. The maximum Gasteiger partial charge on any atom is 0.261 e. The summed E-state index contributed by atoms with van der Waals surface area (Å²) in [6.07, 6.45) is 2.73. The molecule has 7 heteroatoms. The monoisotopic (exact) mass is 453 g/mol. The minimum absolute atomic E-state index is 0.0251. The number of anilines is 1. The predicted octanol–water partition coefficient (Wildman–Crippen LogP) is 3.27. The van der Waals surface area contributed by atoms with Crippen LogP contribution in [0.5, 0.6) is 0 Å². The summed E-state index contributed by atoms with van der Waals surface area (Å²) in [5.74, 6) is 0. The summed E-state index contributed by atoms with van der Waals surface area (Å²) >= 11 is 1.70. The number of hydrogen-bond acceptors (Lipinski definition) is 5. The number of benzene rings is 2. The van der Waals surface area contributed by atoms with Crippen molar-refractivity contribution in [2.45, 2.75) is 31.9 Å². The summed E-state index contributed by atoms with van der Waals surface area (Å²) in [5, 5.41) is 8.09. The third kappa shape index (κ3) is 5.06. The molecular formula is C24H31N3O2SSi. The number of carbonyl (C=O) groups is 1. The Bertz CT molecular complexity index is 885. The van der Waals surface area contributed by atoms with E-state index in [1.54, 1.807) is 18.4 Å². The topological polar surface area (TPSA) is 54.5 Å². The Morgan fingerprint density at radius 1 is 1.06 bits per heavy atom. The minimum Gasteiger partial charge on any atom is -0.401 e. The Hall–Kier alpha value is -2.48. The molecule has 3 aromatic rings. The van der Waals surface area contributed by atoms with Gasteiger partial charge in [0.2, 0.25) is 6.41 Å². The molecule has 4 rings (SSSR count). The molecule has 0 spiro atoms. The summed E-state index contributed by atoms with van der Waals surface area (Å²) < 4.78 is 7.11. The molecule has 1 aromatic heterocycles. The Morgan fingerprint density at radius 2 is 1.58 bits per heavy atom. The summed E-state index contributed by atoms with van der Waals surface area (Å²) in [6, 6.07) is 21.7. The molecule has 0 saturated carbocycles. The van der Waals surface area contributed by atoms with Crippen molar-refractivity contribution < 1.29 is 9.22 Å². The highest BCUT2D eigenvalue weighted by Crippen LogP contribution is 2.39. The fourth-order valence-corrected chi connectivity index (χ4v) is 9.31. The van der Waals surface area contributed by atoms with Crippen LogP contribution in [0, 0.1) is 0 Å². The first-order chi connectivity index (χ1) is 14.9. The summed E-state index contributed by atoms with van der Waals surface area (Å²) in [6.45, 7) is 8.82. The number of hydrogen-bond donors (Lipinski definition) is 1. The number of rotatable bonds is 6. The molecule has 2 heterocycles. The van der Waals surface area contributed by atoms with Crippen LogP contribution in [0.15, 0.2) is 72.2 Å². The first-order valence-electron chi connectivity index (χ1n) is 10.5. The van der Waals surface area contributed by atoms with Gasteiger partial charge >= 0.3 is 0 Å². The molecule has 5 nitrogen and oxygen atoms in total. The van der Waals surface area contributed by atoms with E-state index >= 15 is 0 Å². The van der Waals surface area contributed by atoms with Crippen molar-refractivity contribution in [3.8, 4) is 0 Å². The van der Waals surface area contributed by atoms with E-state index in [1.165, 1.54) is 10.4 Å². The normalized spacial score (nSPS) is 14.3. The lowest BCUT2D eigenvalue weighted by atomic mass is 10.2. The number of nitrogens with one attached hydrogen (secondary N) is 1. The van der Waals surface area contributed by atoms with Crippen LogP contribution in [0.2, 0.25) is 5.04 Å². The van der Waals surface area contributed by atoms with Gasteiger partial charge in [-0.2, -0.15) is 0 Å². The smallest absolute Gasteiger partial charge is 0.261 e. The van der Waals surface area contributed by atoms with Crippen molar-refractivity contribution in [3.05, 3.63) is 72.2 Å². The van der Waals surface area contributed by atoms with Crippen LogP contribution in [-0.4, -0.2) is 46.0 Å². The van der Waals surface area contributed by atoms with Crippen molar-refractivity contribution in [2.75, 3.05) is 25.0 Å². The molecule has 2 aromatic carbocycles. The SMILES string of the molecule is CC(C)(C)[Si](OC1CN(c2nccs2)C1)(c1ccccc1)c1ccccc1.CNC=O. The summed E-state index contributed by atoms with van der Waals surface area (Å²) in [5.41, 5.74) is 0. The fourth-order valence-electron chi connectivity index (χ4n) is 3.98. The highest BCUT2D eigenvalue weighted by molar-refractivity contribution is 7.13. The van der Waals surface area contributed by atoms with E-state index in [0.29, 0.717) is 6.41 Å². The molecular weight excluding hydrogens is 422 g/mol. The molecule has 0 radical (unpaired) electrons. The highest BCUT2D eigenvalue weighted by atomic mass is 32.1. The molecule has 0 aliphatic carbocycles. The lowest BCUT2D eigenvalue weighted by Gasteiger charge is -2.49. The van der Waals surface area contributed by atoms with Crippen molar-refractivity contribution in [2.24, 2.45) is 0 Å². The van der Waals surface area contributed by atoms with Gasteiger partial charge in [-0.1, -0.05) is 81.4 Å². The van der Waals surface area contributed by atoms with Crippen LogP contribution in [0.1, 0.15) is 20.8 Å². The number of amides is 1. The number of thiazole rings is 1. The second kappa shape index (κ2) is 10.2. The molecule has 1 aliphatic rings. The third-order valence-corrected chi connectivity index (χ3v) is 11.3. The molecule has 0 unspecified atom stereocenters. The Kier molecular flexibility index (Phi) is 7.64. The zero-order chi connectivity index (χ0) is 22.3. The van der Waals surface area contributed by atoms with Crippen LogP contribution in [0.3, 0.4) is 0 Å². The van der Waals surface area contributed by atoms with E-state index < -0.39 is 8.32 Å². The van der Waals surface area contributed by atoms with E-state index in [1.807, 2.05) is 11.6 Å². The molecule has 1 saturated heterocycles. The predicted molar refractivity (Wildman–Crippen MR) is 132 cm³/mol. The number of aromatic nitrogens is 1. The molecule has 1 aliphatic heterocycles. The molecule has 31 heavy (non-hydrogen) atoms. The van der Waals surface area contributed by atoms with Crippen molar-refractivity contribution in [1.82, 2.24) is 10.3 Å². The maximum absolute atomic E-state index is 9.06. The minimum atomic E-state index is -2.44. The number of nitrogens with zero attached hydrogens (tertiary/aromatic N) is 2. The Balaban J connectivity index is 0.000000628. The van der Waals surface area contributed by atoms with Gasteiger partial charge in [-0.25, -0.2) is 4.98 Å². The molecule has 1 amide bonds. The van der Waals surface area contributed by atoms with Gasteiger partial charge in [-0.05, 0) is 15.4 Å². The summed E-state index contributed by atoms with van der Waals surface area (Å²) in [7, 11) is -0.878. The van der Waals surface area contributed by atoms with E-state index in [-0.39, 0.29) is 11.1 Å². The van der Waals surface area contributed by atoms with E-state index in [0.717, 1.165) is 18.2 Å². The number of carbonyl (C=O) groups excluding carboxylic acids is 1.